The molecule has 2 rings (SSSR count). The van der Waals surface area contributed by atoms with E-state index in [4.69, 9.17) is 0 Å². The minimum atomic E-state index is -0.525. The summed E-state index contributed by atoms with van der Waals surface area (Å²) < 4.78 is 0. The third kappa shape index (κ3) is 2.50. The fourth-order valence-electron chi connectivity index (χ4n) is 1.71. The number of nitro groups is 1. The summed E-state index contributed by atoms with van der Waals surface area (Å²) in [6.45, 7) is 0.654. The normalized spacial score (nSPS) is 16.0. The van der Waals surface area contributed by atoms with Crippen LogP contribution in [0.2, 0.25) is 0 Å². The minimum Gasteiger partial charge on any atom is -0.331 e. The first kappa shape index (κ1) is 11.7. The van der Waals surface area contributed by atoms with Crippen LogP contribution in [0.5, 0.6) is 0 Å². The molecule has 2 heterocycles. The number of rotatable bonds is 2. The molecule has 0 unspecified atom stereocenters. The summed E-state index contributed by atoms with van der Waals surface area (Å²) in [4.78, 5) is 34.9. The van der Waals surface area contributed by atoms with E-state index in [-0.39, 0.29) is 23.2 Å². The van der Waals surface area contributed by atoms with Crippen LogP contribution in [-0.4, -0.2) is 34.6 Å². The number of piperidine rings is 1. The Balaban J connectivity index is 2.13. The maximum absolute atomic E-state index is 11.9. The molecule has 1 aromatic heterocycles. The van der Waals surface area contributed by atoms with Gasteiger partial charge in [0.05, 0.1) is 16.3 Å². The molecule has 17 heavy (non-hydrogen) atoms. The van der Waals surface area contributed by atoms with Crippen molar-refractivity contribution in [2.75, 3.05) is 13.1 Å². The second-order valence-corrected chi connectivity index (χ2v) is 4.83. The van der Waals surface area contributed by atoms with Gasteiger partial charge in [0.25, 0.3) is 5.91 Å². The molecule has 90 valence electrons. The Morgan fingerprint density at radius 3 is 2.82 bits per heavy atom. The Hall–Kier alpha value is -1.76. The Bertz CT molecular complexity index is 482. The van der Waals surface area contributed by atoms with Gasteiger partial charge in [0.1, 0.15) is 0 Å². The highest BCUT2D eigenvalue weighted by Gasteiger charge is 2.25. The van der Waals surface area contributed by atoms with Gasteiger partial charge in [-0.15, -0.1) is 0 Å². The van der Waals surface area contributed by atoms with E-state index in [0.717, 1.165) is 11.3 Å². The van der Waals surface area contributed by atoms with Crippen LogP contribution in [0.1, 0.15) is 22.5 Å². The number of carbonyl (C=O) groups excluding carboxylic acids is 2. The fraction of sp³-hybridized carbons (Fsp3) is 0.400. The molecule has 7 heteroatoms. The quantitative estimate of drug-likeness (QED) is 0.591. The fourth-order valence-corrected chi connectivity index (χ4v) is 2.50. The zero-order valence-electron chi connectivity index (χ0n) is 8.92. The van der Waals surface area contributed by atoms with E-state index in [1.165, 1.54) is 17.0 Å². The number of thiophene rings is 1. The van der Waals surface area contributed by atoms with Crippen LogP contribution in [-0.2, 0) is 4.79 Å². The van der Waals surface area contributed by atoms with E-state index < -0.39 is 4.92 Å². The predicted molar refractivity (Wildman–Crippen MR) is 61.1 cm³/mol. The molecular formula is C10H10N2O4S. The smallest absolute Gasteiger partial charge is 0.324 e. The van der Waals surface area contributed by atoms with Crippen LogP contribution in [0.25, 0.3) is 0 Å². The first-order valence-corrected chi connectivity index (χ1v) is 5.95. The Morgan fingerprint density at radius 2 is 2.24 bits per heavy atom. The summed E-state index contributed by atoms with van der Waals surface area (Å²) in [5.41, 5.74) is 0. The van der Waals surface area contributed by atoms with E-state index in [9.17, 15) is 19.7 Å². The third-order valence-corrected chi connectivity index (χ3v) is 3.55. The van der Waals surface area contributed by atoms with Crippen LogP contribution in [0.4, 0.5) is 5.00 Å². The molecule has 0 bridgehead atoms. The van der Waals surface area contributed by atoms with Crippen molar-refractivity contribution in [2.45, 2.75) is 12.8 Å². The molecule has 1 aliphatic rings. The molecule has 0 aliphatic carbocycles. The van der Waals surface area contributed by atoms with Gasteiger partial charge >= 0.3 is 5.00 Å². The summed E-state index contributed by atoms with van der Waals surface area (Å²) in [6, 6.07) is 2.74. The maximum Gasteiger partial charge on any atom is 0.324 e. The number of carbonyl (C=O) groups is 2. The van der Waals surface area contributed by atoms with E-state index in [2.05, 4.69) is 0 Å². The average molecular weight is 254 g/mol. The van der Waals surface area contributed by atoms with Gasteiger partial charge in [-0.05, 0) is 12.5 Å². The maximum atomic E-state index is 11.9. The van der Waals surface area contributed by atoms with Crippen molar-refractivity contribution < 1.29 is 14.5 Å². The molecule has 0 N–H and O–H groups in total. The standard InChI is InChI=1S/C10H10N2O4S/c13-7-2-1-5-11(6-7)10(14)8-3-4-9(17-8)12(15)16/h3-4H,1-2,5-6H2. The predicted octanol–water partition coefficient (Wildman–Crippen LogP) is 1.46. The van der Waals surface area contributed by atoms with E-state index >= 15 is 0 Å². The summed E-state index contributed by atoms with van der Waals surface area (Å²) in [5.74, 6) is -0.258. The van der Waals surface area contributed by atoms with Crippen LogP contribution in [0.3, 0.4) is 0 Å². The summed E-state index contributed by atoms with van der Waals surface area (Å²) >= 11 is 0.842. The molecule has 0 radical (unpaired) electrons. The van der Waals surface area contributed by atoms with Crippen molar-refractivity contribution in [1.29, 1.82) is 0 Å². The molecule has 1 saturated heterocycles. The number of Topliss-reactive ketones (excluding diaryl/α,β-unsaturated/α-hetero) is 1. The van der Waals surface area contributed by atoms with Gasteiger partial charge in [0, 0.05) is 19.0 Å². The van der Waals surface area contributed by atoms with Gasteiger partial charge in [-0.1, -0.05) is 11.3 Å². The van der Waals surface area contributed by atoms with Crippen molar-refractivity contribution in [1.82, 2.24) is 4.90 Å². The van der Waals surface area contributed by atoms with Crippen LogP contribution in [0, 0.1) is 10.1 Å². The molecule has 0 spiro atoms. The lowest BCUT2D eigenvalue weighted by molar-refractivity contribution is -0.380. The number of nitrogens with zero attached hydrogens (tertiary/aromatic N) is 2. The number of ketones is 1. The van der Waals surface area contributed by atoms with E-state index in [0.29, 0.717) is 24.3 Å². The monoisotopic (exact) mass is 254 g/mol. The largest absolute Gasteiger partial charge is 0.331 e. The molecule has 6 nitrogen and oxygen atoms in total. The lowest BCUT2D eigenvalue weighted by atomic mass is 10.1. The summed E-state index contributed by atoms with van der Waals surface area (Å²) in [5, 5.41) is 10.4. The first-order chi connectivity index (χ1) is 8.08. The van der Waals surface area contributed by atoms with Crippen molar-refractivity contribution in [3.8, 4) is 0 Å². The zero-order valence-corrected chi connectivity index (χ0v) is 9.74. The topological polar surface area (TPSA) is 80.5 Å². The minimum absolute atomic E-state index is 0.0376. The van der Waals surface area contributed by atoms with Gasteiger partial charge in [0.2, 0.25) is 0 Å². The molecular weight excluding hydrogens is 244 g/mol. The van der Waals surface area contributed by atoms with Gasteiger partial charge in [-0.2, -0.15) is 0 Å². The lowest BCUT2D eigenvalue weighted by Crippen LogP contribution is -2.39. The highest BCUT2D eigenvalue weighted by Crippen LogP contribution is 2.25. The number of likely N-dealkylation sites (tertiary alicyclic amines) is 1. The van der Waals surface area contributed by atoms with Crippen molar-refractivity contribution in [2.24, 2.45) is 0 Å². The Labute approximate surface area is 101 Å². The average Bonchev–Trinajstić information content (AvgIpc) is 2.77. The molecule has 1 fully saturated rings. The lowest BCUT2D eigenvalue weighted by Gasteiger charge is -2.25. The number of amides is 1. The number of hydrogen-bond donors (Lipinski definition) is 0. The molecule has 0 atom stereocenters. The van der Waals surface area contributed by atoms with Crippen LogP contribution in [0.15, 0.2) is 12.1 Å². The van der Waals surface area contributed by atoms with Crippen LogP contribution < -0.4 is 0 Å². The van der Waals surface area contributed by atoms with Gasteiger partial charge in [-0.3, -0.25) is 19.7 Å². The van der Waals surface area contributed by atoms with Crippen molar-refractivity contribution in [3.05, 3.63) is 27.1 Å². The molecule has 1 aliphatic heterocycles. The van der Waals surface area contributed by atoms with Gasteiger partial charge in [0.15, 0.2) is 5.78 Å². The molecule has 1 amide bonds. The SMILES string of the molecule is O=C1CCCN(C(=O)c2ccc([N+](=O)[O-])s2)C1. The van der Waals surface area contributed by atoms with Gasteiger partial charge in [-0.25, -0.2) is 0 Å². The van der Waals surface area contributed by atoms with E-state index in [1.54, 1.807) is 0 Å². The van der Waals surface area contributed by atoms with Gasteiger partial charge < -0.3 is 4.90 Å². The van der Waals surface area contributed by atoms with Crippen molar-refractivity contribution >= 4 is 28.0 Å². The number of hydrogen-bond acceptors (Lipinski definition) is 5. The zero-order chi connectivity index (χ0) is 12.4. The second kappa shape index (κ2) is 4.62. The Kier molecular flexibility index (Phi) is 3.19. The molecule has 0 saturated carbocycles. The highest BCUT2D eigenvalue weighted by molar-refractivity contribution is 7.17. The summed E-state index contributed by atoms with van der Waals surface area (Å²) in [7, 11) is 0. The van der Waals surface area contributed by atoms with Crippen molar-refractivity contribution in [3.63, 3.8) is 0 Å². The summed E-state index contributed by atoms with van der Waals surface area (Å²) in [6.07, 6.45) is 1.17. The Morgan fingerprint density at radius 1 is 1.47 bits per heavy atom. The third-order valence-electron chi connectivity index (χ3n) is 2.52. The van der Waals surface area contributed by atoms with E-state index in [1.807, 2.05) is 0 Å². The first-order valence-electron chi connectivity index (χ1n) is 5.13. The second-order valence-electron chi connectivity index (χ2n) is 3.76. The highest BCUT2D eigenvalue weighted by atomic mass is 32.1. The molecule has 0 aromatic carbocycles. The van der Waals surface area contributed by atoms with Crippen LogP contribution >= 0.6 is 11.3 Å². The molecule has 1 aromatic rings.